The number of nitrogens with zero attached hydrogens (tertiary/aromatic N) is 3. The summed E-state index contributed by atoms with van der Waals surface area (Å²) in [4.78, 5) is 11.3. The quantitative estimate of drug-likeness (QED) is 0.760. The number of aliphatic hydroxyl groups excluding tert-OH is 1. The molecule has 0 saturated carbocycles. The smallest absolute Gasteiger partial charge is 0.146 e. The molecule has 0 aliphatic carbocycles. The van der Waals surface area contributed by atoms with E-state index in [2.05, 4.69) is 20.2 Å². The highest BCUT2D eigenvalue weighted by Gasteiger charge is 2.17. The third kappa shape index (κ3) is 4.84. The summed E-state index contributed by atoms with van der Waals surface area (Å²) in [6.07, 6.45) is 1.79. The predicted octanol–water partition coefficient (Wildman–Crippen LogP) is 2.53. The minimum absolute atomic E-state index is 0.00505. The van der Waals surface area contributed by atoms with E-state index in [1.807, 2.05) is 26.8 Å². The van der Waals surface area contributed by atoms with Gasteiger partial charge in [0.2, 0.25) is 0 Å². The lowest BCUT2D eigenvalue weighted by Gasteiger charge is -2.29. The van der Waals surface area contributed by atoms with Crippen molar-refractivity contribution in [3.63, 3.8) is 0 Å². The molecule has 0 bridgehead atoms. The maximum absolute atomic E-state index is 14.2. The van der Waals surface area contributed by atoms with E-state index in [9.17, 15) is 9.50 Å². The number of hydrogen-bond acceptors (Lipinski definition) is 6. The molecule has 3 heterocycles. The van der Waals surface area contributed by atoms with E-state index in [4.69, 9.17) is 4.74 Å². The predicted molar refractivity (Wildman–Crippen MR) is 108 cm³/mol. The molecule has 152 valence electrons. The van der Waals surface area contributed by atoms with Crippen molar-refractivity contribution in [2.75, 3.05) is 37.8 Å². The Bertz CT molecular complexity index is 794. The summed E-state index contributed by atoms with van der Waals surface area (Å²) < 4.78 is 19.6. The van der Waals surface area contributed by atoms with Crippen LogP contribution in [0.3, 0.4) is 0 Å². The molecule has 3 rings (SSSR count). The van der Waals surface area contributed by atoms with Crippen LogP contribution in [-0.2, 0) is 11.3 Å². The van der Waals surface area contributed by atoms with Gasteiger partial charge in [0.1, 0.15) is 11.6 Å². The Balaban J connectivity index is 1.79. The number of nitrogens with one attached hydrogen (secondary N) is 1. The van der Waals surface area contributed by atoms with E-state index < -0.39 is 0 Å². The molecular formula is C21H29FN4O2. The van der Waals surface area contributed by atoms with E-state index in [1.54, 1.807) is 12.3 Å². The van der Waals surface area contributed by atoms with Crippen LogP contribution in [0.1, 0.15) is 25.1 Å². The highest BCUT2D eigenvalue weighted by atomic mass is 19.1. The van der Waals surface area contributed by atoms with Crippen LogP contribution in [0, 0.1) is 18.7 Å². The van der Waals surface area contributed by atoms with E-state index in [-0.39, 0.29) is 30.9 Å². The Morgan fingerprint density at radius 1 is 1.29 bits per heavy atom. The number of pyridine rings is 2. The van der Waals surface area contributed by atoms with Gasteiger partial charge >= 0.3 is 0 Å². The molecule has 2 aromatic heterocycles. The summed E-state index contributed by atoms with van der Waals surface area (Å²) in [6.45, 7) is 9.42. The van der Waals surface area contributed by atoms with Gasteiger partial charge in [-0.05, 0) is 36.6 Å². The van der Waals surface area contributed by atoms with Gasteiger partial charge in [0.15, 0.2) is 0 Å². The first-order valence-electron chi connectivity index (χ1n) is 9.79. The number of rotatable bonds is 7. The molecule has 7 heteroatoms. The summed E-state index contributed by atoms with van der Waals surface area (Å²) >= 11 is 0. The third-order valence-corrected chi connectivity index (χ3v) is 5.11. The largest absolute Gasteiger partial charge is 0.395 e. The lowest BCUT2D eigenvalue weighted by molar-refractivity contribution is 0.122. The Kier molecular flexibility index (Phi) is 6.93. The topological polar surface area (TPSA) is 70.5 Å². The Morgan fingerprint density at radius 3 is 2.68 bits per heavy atom. The molecule has 0 aromatic carbocycles. The lowest BCUT2D eigenvalue weighted by Crippen LogP contribution is -2.37. The molecule has 0 unspecified atom stereocenters. The van der Waals surface area contributed by atoms with E-state index >= 15 is 0 Å². The molecule has 0 radical (unpaired) electrons. The average molecular weight is 388 g/mol. The van der Waals surface area contributed by atoms with Gasteiger partial charge in [-0.15, -0.1) is 0 Å². The van der Waals surface area contributed by atoms with Crippen LogP contribution >= 0.6 is 0 Å². The van der Waals surface area contributed by atoms with E-state index in [0.717, 1.165) is 30.0 Å². The van der Waals surface area contributed by atoms with Crippen molar-refractivity contribution < 1.29 is 14.2 Å². The molecule has 0 amide bonds. The van der Waals surface area contributed by atoms with Crippen LogP contribution in [0.15, 0.2) is 24.4 Å². The highest BCUT2D eigenvalue weighted by Crippen LogP contribution is 2.25. The summed E-state index contributed by atoms with van der Waals surface area (Å²) in [7, 11) is 0. The zero-order chi connectivity index (χ0) is 20.1. The van der Waals surface area contributed by atoms with Crippen LogP contribution in [-0.4, -0.2) is 54.0 Å². The van der Waals surface area contributed by atoms with Crippen molar-refractivity contribution >= 4 is 5.82 Å². The molecule has 1 atom stereocenters. The molecule has 28 heavy (non-hydrogen) atoms. The molecule has 0 spiro atoms. The third-order valence-electron chi connectivity index (χ3n) is 5.11. The highest BCUT2D eigenvalue weighted by molar-refractivity contribution is 5.63. The number of aromatic nitrogens is 2. The summed E-state index contributed by atoms with van der Waals surface area (Å²) in [5.41, 5.74) is 2.95. The summed E-state index contributed by atoms with van der Waals surface area (Å²) in [5, 5.41) is 12.6. The fraction of sp³-hybridized carbons (Fsp3) is 0.524. The maximum Gasteiger partial charge on any atom is 0.146 e. The van der Waals surface area contributed by atoms with Crippen LogP contribution in [0.5, 0.6) is 0 Å². The van der Waals surface area contributed by atoms with Crippen molar-refractivity contribution in [3.05, 3.63) is 41.5 Å². The molecule has 2 N–H and O–H groups in total. The Hall–Kier alpha value is -2.09. The SMILES string of the molecule is Cc1cc(-c2ccc(F)c(CN[C@@H](CO)C(C)C)n2)cnc1N1CCOCC1. The van der Waals surface area contributed by atoms with E-state index in [1.165, 1.54) is 6.07 Å². The standard InChI is InChI=1S/C21H29FN4O2/c1-14(2)20(13-27)23-12-19-17(22)4-5-18(25-19)16-10-15(3)21(24-11-16)26-6-8-28-9-7-26/h4-5,10-11,14,20,23,27H,6-9,12-13H2,1-3H3/t20-/m0/s1. The number of hydrogen-bond donors (Lipinski definition) is 2. The first-order chi connectivity index (χ1) is 13.5. The van der Waals surface area contributed by atoms with Crippen molar-refractivity contribution in [3.8, 4) is 11.3 Å². The van der Waals surface area contributed by atoms with Crippen molar-refractivity contribution in [1.29, 1.82) is 0 Å². The minimum Gasteiger partial charge on any atom is -0.395 e. The number of anilines is 1. The van der Waals surface area contributed by atoms with Crippen LogP contribution in [0.25, 0.3) is 11.3 Å². The minimum atomic E-state index is -0.355. The van der Waals surface area contributed by atoms with Gasteiger partial charge in [0.25, 0.3) is 0 Å². The van der Waals surface area contributed by atoms with Gasteiger partial charge in [-0.25, -0.2) is 14.4 Å². The molecular weight excluding hydrogens is 359 g/mol. The van der Waals surface area contributed by atoms with Crippen LogP contribution in [0.2, 0.25) is 0 Å². The number of halogens is 1. The second-order valence-corrected chi connectivity index (χ2v) is 7.50. The van der Waals surface area contributed by atoms with Crippen molar-refractivity contribution in [2.24, 2.45) is 5.92 Å². The second kappa shape index (κ2) is 9.41. The molecule has 1 aliphatic rings. The number of aryl methyl sites for hydroxylation is 1. The van der Waals surface area contributed by atoms with Gasteiger partial charge in [0.05, 0.1) is 31.2 Å². The van der Waals surface area contributed by atoms with Gasteiger partial charge < -0.3 is 20.1 Å². The summed E-state index contributed by atoms with van der Waals surface area (Å²) in [5.74, 6) is 0.848. The zero-order valence-corrected chi connectivity index (χ0v) is 16.8. The fourth-order valence-electron chi connectivity index (χ4n) is 3.32. The van der Waals surface area contributed by atoms with Crippen molar-refractivity contribution in [2.45, 2.75) is 33.4 Å². The van der Waals surface area contributed by atoms with Gasteiger partial charge in [-0.3, -0.25) is 0 Å². The maximum atomic E-state index is 14.2. The normalized spacial score (nSPS) is 15.9. The first kappa shape index (κ1) is 20.6. The van der Waals surface area contributed by atoms with Gasteiger partial charge in [-0.1, -0.05) is 13.8 Å². The number of aliphatic hydroxyl groups is 1. The lowest BCUT2D eigenvalue weighted by atomic mass is 10.1. The molecule has 2 aromatic rings. The van der Waals surface area contributed by atoms with Crippen molar-refractivity contribution in [1.82, 2.24) is 15.3 Å². The van der Waals surface area contributed by atoms with Gasteiger partial charge in [-0.2, -0.15) is 0 Å². The van der Waals surface area contributed by atoms with Crippen LogP contribution in [0.4, 0.5) is 10.2 Å². The Labute approximate surface area is 165 Å². The second-order valence-electron chi connectivity index (χ2n) is 7.50. The van der Waals surface area contributed by atoms with Crippen LogP contribution < -0.4 is 10.2 Å². The first-order valence-corrected chi connectivity index (χ1v) is 9.79. The monoisotopic (exact) mass is 388 g/mol. The molecule has 1 saturated heterocycles. The molecule has 1 fully saturated rings. The number of morpholine rings is 1. The zero-order valence-electron chi connectivity index (χ0n) is 16.8. The average Bonchev–Trinajstić information content (AvgIpc) is 2.70. The van der Waals surface area contributed by atoms with E-state index in [0.29, 0.717) is 24.6 Å². The summed E-state index contributed by atoms with van der Waals surface area (Å²) in [6, 6.07) is 5.06. The fourth-order valence-corrected chi connectivity index (χ4v) is 3.32. The Morgan fingerprint density at radius 2 is 2.04 bits per heavy atom. The molecule has 1 aliphatic heterocycles. The molecule has 6 nitrogen and oxygen atoms in total. The number of ether oxygens (including phenoxy) is 1. The van der Waals surface area contributed by atoms with Gasteiger partial charge in [0, 0.05) is 37.4 Å².